The van der Waals surface area contributed by atoms with Crippen LogP contribution in [0.2, 0.25) is 0 Å². The van der Waals surface area contributed by atoms with Crippen LogP contribution in [0.4, 0.5) is 17.1 Å². The lowest BCUT2D eigenvalue weighted by Crippen LogP contribution is -2.28. The largest absolute Gasteiger partial charge is 0.508 e. The predicted molar refractivity (Wildman–Crippen MR) is 114 cm³/mol. The molecule has 9 nitrogen and oxygen atoms in total. The fraction of sp³-hybridized carbons (Fsp3) is 0.136. The summed E-state index contributed by atoms with van der Waals surface area (Å²) in [6.07, 6.45) is 0. The van der Waals surface area contributed by atoms with Crippen LogP contribution in [-0.2, 0) is 20.9 Å². The molecule has 0 unspecified atom stereocenters. The molecule has 158 valence electrons. The summed E-state index contributed by atoms with van der Waals surface area (Å²) in [5.41, 5.74) is 1.71. The van der Waals surface area contributed by atoms with Gasteiger partial charge >= 0.3 is 5.97 Å². The number of hydrogen-bond donors (Lipinski definition) is 2. The van der Waals surface area contributed by atoms with Gasteiger partial charge in [0.05, 0.1) is 11.4 Å². The van der Waals surface area contributed by atoms with E-state index in [1.807, 2.05) is 30.3 Å². The van der Waals surface area contributed by atoms with Crippen molar-refractivity contribution in [3.05, 3.63) is 82.8 Å². The third-order valence-electron chi connectivity index (χ3n) is 4.16. The summed E-state index contributed by atoms with van der Waals surface area (Å²) >= 11 is 0. The Bertz CT molecular complexity index is 1150. The Morgan fingerprint density at radius 3 is 2.29 bits per heavy atom. The molecule has 0 atom stereocenters. The number of esters is 1. The Kier molecular flexibility index (Phi) is 6.89. The zero-order chi connectivity index (χ0) is 22.2. The number of aromatic nitrogens is 1. The normalized spacial score (nSPS) is 10.7. The monoisotopic (exact) mass is 420 g/mol. The van der Waals surface area contributed by atoms with E-state index in [1.54, 1.807) is 31.2 Å². The highest BCUT2D eigenvalue weighted by Gasteiger charge is 2.12. The quantitative estimate of drug-likeness (QED) is 0.448. The average Bonchev–Trinajstić information content (AvgIpc) is 2.75. The van der Waals surface area contributed by atoms with Gasteiger partial charge in [-0.25, -0.2) is 0 Å². The number of aromatic hydroxyl groups is 1. The molecule has 2 aromatic carbocycles. The maximum Gasteiger partial charge on any atom is 0.326 e. The van der Waals surface area contributed by atoms with Crippen molar-refractivity contribution in [2.24, 2.45) is 10.2 Å². The summed E-state index contributed by atoms with van der Waals surface area (Å²) in [5, 5.41) is 20.2. The molecule has 3 rings (SSSR count). The number of hydrogen-bond acceptors (Lipinski definition) is 7. The van der Waals surface area contributed by atoms with Crippen molar-refractivity contribution in [1.29, 1.82) is 0 Å². The molecule has 0 saturated carbocycles. The minimum atomic E-state index is -0.747. The average molecular weight is 420 g/mol. The molecule has 0 spiro atoms. The molecule has 3 aromatic rings. The highest BCUT2D eigenvalue weighted by molar-refractivity contribution is 5.92. The van der Waals surface area contributed by atoms with Gasteiger partial charge in [-0.3, -0.25) is 14.4 Å². The Balaban J connectivity index is 1.49. The van der Waals surface area contributed by atoms with Crippen molar-refractivity contribution in [3.8, 4) is 5.75 Å². The van der Waals surface area contributed by atoms with Gasteiger partial charge in [-0.15, -0.1) is 0 Å². The summed E-state index contributed by atoms with van der Waals surface area (Å²) in [5.74, 6) is -1.46. The molecular formula is C22H20N4O5. The van der Waals surface area contributed by atoms with Crippen LogP contribution in [-0.4, -0.2) is 28.2 Å². The van der Waals surface area contributed by atoms with Gasteiger partial charge in [0.15, 0.2) is 6.61 Å². The fourth-order valence-electron chi connectivity index (χ4n) is 2.65. The molecule has 0 aliphatic heterocycles. The number of nitrogens with zero attached hydrogens (tertiary/aromatic N) is 3. The van der Waals surface area contributed by atoms with E-state index in [0.29, 0.717) is 17.1 Å². The molecule has 31 heavy (non-hydrogen) atoms. The number of carbonyl (C=O) groups is 2. The maximum absolute atomic E-state index is 12.0. The van der Waals surface area contributed by atoms with Crippen LogP contribution < -0.4 is 10.9 Å². The summed E-state index contributed by atoms with van der Waals surface area (Å²) in [4.78, 5) is 35.8. The van der Waals surface area contributed by atoms with Crippen LogP contribution in [0.3, 0.4) is 0 Å². The number of aryl methyl sites for hydroxylation is 1. The van der Waals surface area contributed by atoms with E-state index in [0.717, 1.165) is 16.3 Å². The predicted octanol–water partition coefficient (Wildman–Crippen LogP) is 3.46. The number of benzene rings is 2. The number of pyridine rings is 1. The van der Waals surface area contributed by atoms with Crippen molar-refractivity contribution >= 4 is 28.9 Å². The molecule has 0 aliphatic carbocycles. The van der Waals surface area contributed by atoms with E-state index in [4.69, 9.17) is 4.74 Å². The van der Waals surface area contributed by atoms with Gasteiger partial charge in [0.2, 0.25) is 0 Å². The van der Waals surface area contributed by atoms with Gasteiger partial charge < -0.3 is 19.7 Å². The molecule has 9 heteroatoms. The van der Waals surface area contributed by atoms with Crippen LogP contribution in [0.15, 0.2) is 81.8 Å². The lowest BCUT2D eigenvalue weighted by Gasteiger charge is -2.10. The smallest absolute Gasteiger partial charge is 0.326 e. The summed E-state index contributed by atoms with van der Waals surface area (Å²) in [6.45, 7) is 0.712. The van der Waals surface area contributed by atoms with E-state index in [1.165, 1.54) is 6.07 Å². The Morgan fingerprint density at radius 1 is 1.00 bits per heavy atom. The van der Waals surface area contributed by atoms with Gasteiger partial charge in [0.1, 0.15) is 12.3 Å². The van der Waals surface area contributed by atoms with Gasteiger partial charge in [0, 0.05) is 17.4 Å². The zero-order valence-corrected chi connectivity index (χ0v) is 16.7. The van der Waals surface area contributed by atoms with Crippen LogP contribution in [0.5, 0.6) is 5.75 Å². The molecule has 2 N–H and O–H groups in total. The highest BCUT2D eigenvalue weighted by Crippen LogP contribution is 2.20. The number of carbonyl (C=O) groups excluding carboxylic acids is 2. The second-order valence-corrected chi connectivity index (χ2v) is 6.57. The van der Waals surface area contributed by atoms with Crippen molar-refractivity contribution in [2.45, 2.75) is 13.5 Å². The zero-order valence-electron chi connectivity index (χ0n) is 16.7. The van der Waals surface area contributed by atoms with Crippen LogP contribution in [0.1, 0.15) is 5.69 Å². The first-order valence-corrected chi connectivity index (χ1v) is 9.33. The van der Waals surface area contributed by atoms with Gasteiger partial charge in [-0.1, -0.05) is 18.2 Å². The van der Waals surface area contributed by atoms with Crippen molar-refractivity contribution < 1.29 is 19.4 Å². The number of amides is 1. The van der Waals surface area contributed by atoms with E-state index in [9.17, 15) is 19.5 Å². The van der Waals surface area contributed by atoms with Crippen molar-refractivity contribution in [1.82, 2.24) is 4.57 Å². The van der Waals surface area contributed by atoms with Crippen LogP contribution >= 0.6 is 0 Å². The van der Waals surface area contributed by atoms with Gasteiger partial charge in [-0.05, 0) is 49.4 Å². The first-order valence-electron chi connectivity index (χ1n) is 9.33. The van der Waals surface area contributed by atoms with Crippen molar-refractivity contribution in [2.75, 3.05) is 11.9 Å². The third kappa shape index (κ3) is 6.36. The van der Waals surface area contributed by atoms with E-state index in [2.05, 4.69) is 15.5 Å². The minimum Gasteiger partial charge on any atom is -0.508 e. The van der Waals surface area contributed by atoms with E-state index >= 15 is 0 Å². The first-order chi connectivity index (χ1) is 14.9. The third-order valence-corrected chi connectivity index (χ3v) is 4.16. The summed E-state index contributed by atoms with van der Waals surface area (Å²) in [6, 6.07) is 18.3. The SMILES string of the molecule is Cc1cc(O)cc(=O)n1CC(=O)OCC(=O)Nc1ccc(N=Nc2ccccc2)cc1. The molecule has 0 fully saturated rings. The number of azo groups is 1. The summed E-state index contributed by atoms with van der Waals surface area (Å²) in [7, 11) is 0. The summed E-state index contributed by atoms with van der Waals surface area (Å²) < 4.78 is 6.07. The molecule has 0 aliphatic rings. The number of rotatable bonds is 7. The van der Waals surface area contributed by atoms with Crippen molar-refractivity contribution in [3.63, 3.8) is 0 Å². The first kappa shape index (κ1) is 21.4. The minimum absolute atomic E-state index is 0.181. The lowest BCUT2D eigenvalue weighted by atomic mass is 10.3. The number of anilines is 1. The number of nitrogens with one attached hydrogen (secondary N) is 1. The second kappa shape index (κ2) is 9.97. The molecular weight excluding hydrogens is 400 g/mol. The molecule has 1 aromatic heterocycles. The molecule has 0 saturated heterocycles. The number of ether oxygens (including phenoxy) is 1. The topological polar surface area (TPSA) is 122 Å². The molecule has 1 amide bonds. The van der Waals surface area contributed by atoms with E-state index < -0.39 is 24.0 Å². The van der Waals surface area contributed by atoms with E-state index in [-0.39, 0.29) is 12.3 Å². The van der Waals surface area contributed by atoms with Gasteiger partial charge in [0.25, 0.3) is 11.5 Å². The lowest BCUT2D eigenvalue weighted by molar-refractivity contribution is -0.148. The second-order valence-electron chi connectivity index (χ2n) is 6.57. The van der Waals surface area contributed by atoms with Crippen LogP contribution in [0.25, 0.3) is 0 Å². The Hall–Kier alpha value is -4.27. The molecule has 1 heterocycles. The Labute approximate surface area is 177 Å². The standard InChI is InChI=1S/C22H20N4O5/c1-15-11-19(27)12-21(29)26(15)13-22(30)31-14-20(28)23-16-7-9-18(10-8-16)25-24-17-5-3-2-4-6-17/h2-12,27H,13-14H2,1H3,(H,23,28). The fourth-order valence-corrected chi connectivity index (χ4v) is 2.65. The molecule has 0 radical (unpaired) electrons. The maximum atomic E-state index is 12.0. The molecule has 0 bridgehead atoms. The highest BCUT2D eigenvalue weighted by atomic mass is 16.5. The Morgan fingerprint density at radius 2 is 1.65 bits per heavy atom. The van der Waals surface area contributed by atoms with Crippen LogP contribution in [0, 0.1) is 6.92 Å². The van der Waals surface area contributed by atoms with Gasteiger partial charge in [-0.2, -0.15) is 10.2 Å².